The number of thiazole rings is 1. The van der Waals surface area contributed by atoms with E-state index in [-0.39, 0.29) is 6.04 Å². The van der Waals surface area contributed by atoms with Crippen LogP contribution in [-0.4, -0.2) is 11.5 Å². The summed E-state index contributed by atoms with van der Waals surface area (Å²) < 4.78 is 0. The number of aromatic nitrogens is 1. The van der Waals surface area contributed by atoms with Crippen LogP contribution in [0.4, 0.5) is 0 Å². The Hall–Kier alpha value is -1.19. The summed E-state index contributed by atoms with van der Waals surface area (Å²) in [5, 5.41) is 4.69. The molecule has 2 rings (SSSR count). The van der Waals surface area contributed by atoms with Gasteiger partial charge in [0.15, 0.2) is 0 Å². The molecule has 1 atom stereocenters. The highest BCUT2D eigenvalue weighted by molar-refractivity contribution is 7.11. The maximum absolute atomic E-state index is 4.38. The van der Waals surface area contributed by atoms with E-state index in [1.165, 1.54) is 21.6 Å². The minimum Gasteiger partial charge on any atom is -0.306 e. The maximum Gasteiger partial charge on any atom is 0.0897 e. The Kier molecular flexibility index (Phi) is 4.15. The van der Waals surface area contributed by atoms with E-state index in [1.54, 1.807) is 11.3 Å². The zero-order chi connectivity index (χ0) is 13.1. The molecule has 1 N–H and O–H groups in total. The summed E-state index contributed by atoms with van der Waals surface area (Å²) in [6, 6.07) is 6.90. The molecule has 1 heterocycles. The van der Waals surface area contributed by atoms with Gasteiger partial charge in [0.05, 0.1) is 11.0 Å². The lowest BCUT2D eigenvalue weighted by atomic mass is 9.98. The van der Waals surface area contributed by atoms with E-state index in [1.807, 2.05) is 6.20 Å². The molecule has 0 spiro atoms. The molecule has 0 fully saturated rings. The summed E-state index contributed by atoms with van der Waals surface area (Å²) in [4.78, 5) is 5.67. The monoisotopic (exact) mass is 260 g/mol. The van der Waals surface area contributed by atoms with Gasteiger partial charge in [0, 0.05) is 11.1 Å². The Morgan fingerprint density at radius 3 is 2.67 bits per heavy atom. The molecule has 0 aliphatic heterocycles. The number of nitrogens with zero attached hydrogens (tertiary/aromatic N) is 1. The largest absolute Gasteiger partial charge is 0.306 e. The fourth-order valence-corrected chi connectivity index (χ4v) is 3.03. The van der Waals surface area contributed by atoms with Crippen LogP contribution in [0, 0.1) is 20.8 Å². The molecule has 1 unspecified atom stereocenters. The van der Waals surface area contributed by atoms with Gasteiger partial charge in [0.1, 0.15) is 0 Å². The Balaban J connectivity index is 2.44. The van der Waals surface area contributed by atoms with Crippen molar-refractivity contribution in [2.24, 2.45) is 0 Å². The highest BCUT2D eigenvalue weighted by Crippen LogP contribution is 2.29. The molecule has 1 aromatic heterocycles. The average molecular weight is 260 g/mol. The van der Waals surface area contributed by atoms with E-state index in [0.29, 0.717) is 0 Å². The van der Waals surface area contributed by atoms with Gasteiger partial charge in [0.2, 0.25) is 0 Å². The van der Waals surface area contributed by atoms with E-state index < -0.39 is 0 Å². The van der Waals surface area contributed by atoms with Crippen molar-refractivity contribution in [3.8, 4) is 0 Å². The van der Waals surface area contributed by atoms with Gasteiger partial charge >= 0.3 is 0 Å². The third-order valence-corrected chi connectivity index (χ3v) is 4.06. The third-order valence-electron chi connectivity index (χ3n) is 3.08. The molecule has 0 aliphatic rings. The molecule has 0 radical (unpaired) electrons. The van der Waals surface area contributed by atoms with Crippen LogP contribution < -0.4 is 5.32 Å². The zero-order valence-corrected chi connectivity index (χ0v) is 12.3. The van der Waals surface area contributed by atoms with Crippen LogP contribution >= 0.6 is 11.3 Å². The lowest BCUT2D eigenvalue weighted by Crippen LogP contribution is -2.22. The van der Waals surface area contributed by atoms with E-state index in [2.05, 4.69) is 56.2 Å². The smallest absolute Gasteiger partial charge is 0.0897 e. The number of aryl methyl sites for hydroxylation is 3. The number of hydrogen-bond acceptors (Lipinski definition) is 3. The second-order valence-electron chi connectivity index (χ2n) is 4.63. The van der Waals surface area contributed by atoms with Crippen LogP contribution in [0.3, 0.4) is 0 Å². The van der Waals surface area contributed by atoms with Gasteiger partial charge in [0.25, 0.3) is 0 Å². The highest BCUT2D eigenvalue weighted by Gasteiger charge is 2.17. The first kappa shape index (κ1) is 13.2. The Morgan fingerprint density at radius 1 is 1.28 bits per heavy atom. The third kappa shape index (κ3) is 2.79. The Labute approximate surface area is 113 Å². The number of nitrogens with one attached hydrogen (secondary N) is 1. The molecule has 96 valence electrons. The standard InChI is InChI=1S/C15H20N2S/c1-5-16-15(14-9-17-12(4)18-14)13-8-10(2)6-7-11(13)3/h6-9,15-16H,5H2,1-4H3. The van der Waals surface area contributed by atoms with Crippen LogP contribution in [0.25, 0.3) is 0 Å². The fraction of sp³-hybridized carbons (Fsp3) is 0.400. The summed E-state index contributed by atoms with van der Waals surface area (Å²) in [5.74, 6) is 0. The van der Waals surface area contributed by atoms with Crippen LogP contribution in [0.5, 0.6) is 0 Å². The van der Waals surface area contributed by atoms with Crippen molar-refractivity contribution in [2.45, 2.75) is 33.7 Å². The van der Waals surface area contributed by atoms with Gasteiger partial charge in [-0.25, -0.2) is 4.98 Å². The Morgan fingerprint density at radius 2 is 2.06 bits per heavy atom. The molecule has 0 saturated carbocycles. The first-order valence-electron chi connectivity index (χ1n) is 6.34. The first-order valence-corrected chi connectivity index (χ1v) is 7.16. The second-order valence-corrected chi connectivity index (χ2v) is 5.90. The van der Waals surface area contributed by atoms with Gasteiger partial charge in [-0.3, -0.25) is 0 Å². The number of benzene rings is 1. The summed E-state index contributed by atoms with van der Waals surface area (Å²) in [5.41, 5.74) is 4.00. The molecule has 0 aliphatic carbocycles. The summed E-state index contributed by atoms with van der Waals surface area (Å²) in [6.45, 7) is 9.47. The SMILES string of the molecule is CCNC(c1cnc(C)s1)c1cc(C)ccc1C. The van der Waals surface area contributed by atoms with Crippen molar-refractivity contribution in [3.05, 3.63) is 51.0 Å². The lowest BCUT2D eigenvalue weighted by Gasteiger charge is -2.19. The highest BCUT2D eigenvalue weighted by atomic mass is 32.1. The van der Waals surface area contributed by atoms with Crippen LogP contribution in [0.15, 0.2) is 24.4 Å². The fourth-order valence-electron chi connectivity index (χ4n) is 2.15. The van der Waals surface area contributed by atoms with Gasteiger partial charge in [-0.2, -0.15) is 0 Å². The quantitative estimate of drug-likeness (QED) is 0.905. The van der Waals surface area contributed by atoms with Crippen molar-refractivity contribution >= 4 is 11.3 Å². The lowest BCUT2D eigenvalue weighted by molar-refractivity contribution is 0.635. The predicted octanol–water partition coefficient (Wildman–Crippen LogP) is 3.77. The summed E-state index contributed by atoms with van der Waals surface area (Å²) in [7, 11) is 0. The summed E-state index contributed by atoms with van der Waals surface area (Å²) in [6.07, 6.45) is 2.00. The average Bonchev–Trinajstić information content (AvgIpc) is 2.76. The Bertz CT molecular complexity index is 531. The van der Waals surface area contributed by atoms with E-state index in [9.17, 15) is 0 Å². The van der Waals surface area contributed by atoms with Crippen molar-refractivity contribution in [1.29, 1.82) is 0 Å². The number of hydrogen-bond donors (Lipinski definition) is 1. The number of rotatable bonds is 4. The van der Waals surface area contributed by atoms with Gasteiger partial charge in [-0.1, -0.05) is 30.7 Å². The van der Waals surface area contributed by atoms with Crippen LogP contribution in [0.1, 0.15) is 39.5 Å². The van der Waals surface area contributed by atoms with E-state index >= 15 is 0 Å². The first-order chi connectivity index (χ1) is 8.61. The van der Waals surface area contributed by atoms with Crippen molar-refractivity contribution in [1.82, 2.24) is 10.3 Å². The van der Waals surface area contributed by atoms with Gasteiger partial charge in [-0.15, -0.1) is 11.3 Å². The molecule has 18 heavy (non-hydrogen) atoms. The van der Waals surface area contributed by atoms with Crippen molar-refractivity contribution < 1.29 is 0 Å². The molecule has 2 nitrogen and oxygen atoms in total. The molecule has 0 amide bonds. The van der Waals surface area contributed by atoms with Gasteiger partial charge in [-0.05, 0) is 38.4 Å². The minimum absolute atomic E-state index is 0.265. The molecule has 3 heteroatoms. The van der Waals surface area contributed by atoms with Crippen molar-refractivity contribution in [3.63, 3.8) is 0 Å². The van der Waals surface area contributed by atoms with Gasteiger partial charge < -0.3 is 5.32 Å². The molecular formula is C15H20N2S. The maximum atomic E-state index is 4.38. The molecule has 1 aromatic carbocycles. The van der Waals surface area contributed by atoms with Crippen LogP contribution in [-0.2, 0) is 0 Å². The molecule has 0 saturated heterocycles. The normalized spacial score (nSPS) is 12.7. The van der Waals surface area contributed by atoms with Crippen molar-refractivity contribution in [2.75, 3.05) is 6.54 Å². The molecular weight excluding hydrogens is 240 g/mol. The van der Waals surface area contributed by atoms with E-state index in [4.69, 9.17) is 0 Å². The topological polar surface area (TPSA) is 24.9 Å². The molecule has 2 aromatic rings. The zero-order valence-electron chi connectivity index (χ0n) is 11.4. The minimum atomic E-state index is 0.265. The van der Waals surface area contributed by atoms with Crippen LogP contribution in [0.2, 0.25) is 0 Å². The second kappa shape index (κ2) is 5.63. The predicted molar refractivity (Wildman–Crippen MR) is 78.3 cm³/mol. The summed E-state index contributed by atoms with van der Waals surface area (Å²) >= 11 is 1.77. The molecule has 0 bridgehead atoms. The van der Waals surface area contributed by atoms with E-state index in [0.717, 1.165) is 11.6 Å².